The fourth-order valence-electron chi connectivity index (χ4n) is 1.76. The first-order valence-corrected chi connectivity index (χ1v) is 7.68. The number of anilines is 1. The lowest BCUT2D eigenvalue weighted by Gasteiger charge is -2.08. The van der Waals surface area contributed by atoms with Crippen molar-refractivity contribution in [3.05, 3.63) is 39.6 Å². The second kappa shape index (κ2) is 6.84. The predicted octanol–water partition coefficient (Wildman–Crippen LogP) is 4.13. The monoisotopic (exact) mass is 367 g/mol. The van der Waals surface area contributed by atoms with Gasteiger partial charge in [0, 0.05) is 18.3 Å². The minimum atomic E-state index is 0.779. The number of aryl methyl sites for hydroxylation is 1. The van der Waals surface area contributed by atoms with Crippen LogP contribution in [0.25, 0.3) is 11.4 Å². The van der Waals surface area contributed by atoms with Crippen molar-refractivity contribution >= 4 is 28.4 Å². The molecule has 0 saturated carbocycles. The maximum Gasteiger partial charge on any atom is 0.161 e. The van der Waals surface area contributed by atoms with Crippen LogP contribution in [0.5, 0.6) is 0 Å². The maximum absolute atomic E-state index is 4.61. The summed E-state index contributed by atoms with van der Waals surface area (Å²) in [5, 5.41) is 3.34. The highest BCUT2D eigenvalue weighted by Gasteiger charge is 2.06. The normalized spacial score (nSPS) is 10.5. The molecular formula is C15H18IN3. The minimum absolute atomic E-state index is 0.779. The van der Waals surface area contributed by atoms with Gasteiger partial charge in [0.05, 0.1) is 3.57 Å². The first-order chi connectivity index (χ1) is 9.24. The summed E-state index contributed by atoms with van der Waals surface area (Å²) in [5.74, 6) is 1.70. The topological polar surface area (TPSA) is 37.8 Å². The summed E-state index contributed by atoms with van der Waals surface area (Å²) in [6.07, 6.45) is 4.01. The third-order valence-corrected chi connectivity index (χ3v) is 3.70. The summed E-state index contributed by atoms with van der Waals surface area (Å²) < 4.78 is 1.06. The van der Waals surface area contributed by atoms with Crippen LogP contribution in [-0.2, 0) is 6.42 Å². The number of rotatable bonds is 5. The molecule has 0 saturated heterocycles. The van der Waals surface area contributed by atoms with E-state index in [4.69, 9.17) is 0 Å². The first-order valence-electron chi connectivity index (χ1n) is 6.60. The molecule has 0 bridgehead atoms. The molecule has 0 unspecified atom stereocenters. The third kappa shape index (κ3) is 3.65. The SMILES string of the molecule is CCCNc1nc(-c2ccc(CC)cc2)ncc1I. The van der Waals surface area contributed by atoms with Crippen molar-refractivity contribution in [3.8, 4) is 11.4 Å². The molecule has 1 heterocycles. The second-order valence-electron chi connectivity index (χ2n) is 4.37. The lowest BCUT2D eigenvalue weighted by atomic mass is 10.1. The Morgan fingerprint density at radius 2 is 1.89 bits per heavy atom. The van der Waals surface area contributed by atoms with E-state index in [0.717, 1.165) is 40.2 Å². The molecule has 0 aliphatic heterocycles. The Balaban J connectivity index is 2.28. The van der Waals surface area contributed by atoms with Gasteiger partial charge in [0.2, 0.25) is 0 Å². The van der Waals surface area contributed by atoms with Crippen LogP contribution in [-0.4, -0.2) is 16.5 Å². The molecule has 0 aliphatic carbocycles. The van der Waals surface area contributed by atoms with Crippen molar-refractivity contribution in [2.75, 3.05) is 11.9 Å². The Hall–Kier alpha value is -1.17. The first kappa shape index (κ1) is 14.2. The van der Waals surface area contributed by atoms with E-state index in [1.807, 2.05) is 6.20 Å². The largest absolute Gasteiger partial charge is 0.369 e. The highest BCUT2D eigenvalue weighted by molar-refractivity contribution is 14.1. The lowest BCUT2D eigenvalue weighted by Crippen LogP contribution is -2.05. The summed E-state index contributed by atoms with van der Waals surface area (Å²) in [5.41, 5.74) is 2.40. The van der Waals surface area contributed by atoms with E-state index in [1.54, 1.807) is 0 Å². The quantitative estimate of drug-likeness (QED) is 0.808. The molecule has 100 valence electrons. The van der Waals surface area contributed by atoms with Crippen molar-refractivity contribution in [1.29, 1.82) is 0 Å². The standard InChI is InChI=1S/C15H18IN3/c1-3-9-17-15-13(16)10-18-14(19-15)12-7-5-11(4-2)6-8-12/h5-8,10H,3-4,9H2,1-2H3,(H,17,18,19). The van der Waals surface area contributed by atoms with E-state index in [-0.39, 0.29) is 0 Å². The summed E-state index contributed by atoms with van der Waals surface area (Å²) in [4.78, 5) is 9.02. The van der Waals surface area contributed by atoms with Gasteiger partial charge in [0.1, 0.15) is 5.82 Å². The van der Waals surface area contributed by atoms with Crippen molar-refractivity contribution in [2.45, 2.75) is 26.7 Å². The van der Waals surface area contributed by atoms with Gasteiger partial charge in [-0.15, -0.1) is 0 Å². The number of aromatic nitrogens is 2. The molecule has 0 fully saturated rings. The van der Waals surface area contributed by atoms with E-state index in [1.165, 1.54) is 5.56 Å². The van der Waals surface area contributed by atoms with Gasteiger partial charge in [-0.3, -0.25) is 0 Å². The summed E-state index contributed by atoms with van der Waals surface area (Å²) in [6, 6.07) is 8.45. The molecule has 2 aromatic rings. The van der Waals surface area contributed by atoms with Crippen molar-refractivity contribution in [1.82, 2.24) is 9.97 Å². The molecule has 1 aromatic carbocycles. The average molecular weight is 367 g/mol. The highest BCUT2D eigenvalue weighted by Crippen LogP contribution is 2.21. The Labute approximate surface area is 128 Å². The van der Waals surface area contributed by atoms with Gasteiger partial charge in [0.25, 0.3) is 0 Å². The van der Waals surface area contributed by atoms with Gasteiger partial charge >= 0.3 is 0 Å². The zero-order valence-corrected chi connectivity index (χ0v) is 13.4. The molecule has 0 spiro atoms. The summed E-state index contributed by atoms with van der Waals surface area (Å²) in [7, 11) is 0. The number of halogens is 1. The van der Waals surface area contributed by atoms with E-state index >= 15 is 0 Å². The maximum atomic E-state index is 4.61. The van der Waals surface area contributed by atoms with E-state index in [2.05, 4.69) is 76.0 Å². The fourth-order valence-corrected chi connectivity index (χ4v) is 2.21. The number of hydrogen-bond acceptors (Lipinski definition) is 3. The molecule has 1 N–H and O–H groups in total. The number of nitrogens with one attached hydrogen (secondary N) is 1. The molecule has 2 rings (SSSR count). The predicted molar refractivity (Wildman–Crippen MR) is 88.3 cm³/mol. The Morgan fingerprint density at radius 1 is 1.16 bits per heavy atom. The van der Waals surface area contributed by atoms with Gasteiger partial charge < -0.3 is 5.32 Å². The highest BCUT2D eigenvalue weighted by atomic mass is 127. The molecule has 4 heteroatoms. The number of nitrogens with zero attached hydrogens (tertiary/aromatic N) is 2. The average Bonchev–Trinajstić information content (AvgIpc) is 2.46. The molecule has 3 nitrogen and oxygen atoms in total. The minimum Gasteiger partial charge on any atom is -0.369 e. The zero-order valence-electron chi connectivity index (χ0n) is 11.3. The number of hydrogen-bond donors (Lipinski definition) is 1. The molecule has 1 aromatic heterocycles. The van der Waals surface area contributed by atoms with Gasteiger partial charge in [-0.25, -0.2) is 9.97 Å². The molecule has 0 radical (unpaired) electrons. The van der Waals surface area contributed by atoms with E-state index in [9.17, 15) is 0 Å². The Morgan fingerprint density at radius 3 is 2.53 bits per heavy atom. The Bertz CT molecular complexity index is 538. The van der Waals surface area contributed by atoms with E-state index < -0.39 is 0 Å². The third-order valence-electron chi connectivity index (χ3n) is 2.91. The molecular weight excluding hydrogens is 349 g/mol. The van der Waals surface area contributed by atoms with Crippen molar-refractivity contribution in [2.24, 2.45) is 0 Å². The van der Waals surface area contributed by atoms with Crippen LogP contribution in [0.15, 0.2) is 30.5 Å². The Kier molecular flexibility index (Phi) is 5.13. The van der Waals surface area contributed by atoms with Crippen LogP contribution in [0.2, 0.25) is 0 Å². The van der Waals surface area contributed by atoms with Crippen LogP contribution in [0.3, 0.4) is 0 Å². The molecule has 0 atom stereocenters. The second-order valence-corrected chi connectivity index (χ2v) is 5.53. The van der Waals surface area contributed by atoms with Crippen LogP contribution in [0, 0.1) is 3.57 Å². The van der Waals surface area contributed by atoms with Crippen LogP contribution in [0.4, 0.5) is 5.82 Å². The van der Waals surface area contributed by atoms with Crippen LogP contribution < -0.4 is 5.32 Å². The molecule has 0 amide bonds. The van der Waals surface area contributed by atoms with E-state index in [0.29, 0.717) is 0 Å². The smallest absolute Gasteiger partial charge is 0.161 e. The number of benzene rings is 1. The van der Waals surface area contributed by atoms with Crippen LogP contribution in [0.1, 0.15) is 25.8 Å². The fraction of sp³-hybridized carbons (Fsp3) is 0.333. The van der Waals surface area contributed by atoms with Crippen molar-refractivity contribution < 1.29 is 0 Å². The van der Waals surface area contributed by atoms with Gasteiger partial charge in [0.15, 0.2) is 5.82 Å². The molecule has 0 aliphatic rings. The van der Waals surface area contributed by atoms with Gasteiger partial charge in [-0.1, -0.05) is 38.1 Å². The molecule has 19 heavy (non-hydrogen) atoms. The van der Waals surface area contributed by atoms with Gasteiger partial charge in [-0.05, 0) is 41.0 Å². The van der Waals surface area contributed by atoms with Gasteiger partial charge in [-0.2, -0.15) is 0 Å². The summed E-state index contributed by atoms with van der Waals surface area (Å²) in [6.45, 7) is 5.23. The van der Waals surface area contributed by atoms with Crippen molar-refractivity contribution in [3.63, 3.8) is 0 Å². The van der Waals surface area contributed by atoms with Crippen LogP contribution >= 0.6 is 22.6 Å². The zero-order chi connectivity index (χ0) is 13.7. The summed E-state index contributed by atoms with van der Waals surface area (Å²) >= 11 is 2.26. The lowest BCUT2D eigenvalue weighted by molar-refractivity contribution is 0.963.